The first-order valence-electron chi connectivity index (χ1n) is 6.55. The normalized spacial score (nSPS) is 11.2. The van der Waals surface area contributed by atoms with Gasteiger partial charge < -0.3 is 5.32 Å². The summed E-state index contributed by atoms with van der Waals surface area (Å²) in [5, 5.41) is 12.2. The summed E-state index contributed by atoms with van der Waals surface area (Å²) in [4.78, 5) is 11.8. The zero-order chi connectivity index (χ0) is 14.8. The summed E-state index contributed by atoms with van der Waals surface area (Å²) in [5.41, 5.74) is 2.98. The summed E-state index contributed by atoms with van der Waals surface area (Å²) >= 11 is 0. The van der Waals surface area contributed by atoms with E-state index in [1.165, 1.54) is 5.56 Å². The molecule has 0 spiro atoms. The van der Waals surface area contributed by atoms with Crippen molar-refractivity contribution in [3.63, 3.8) is 0 Å². The van der Waals surface area contributed by atoms with Gasteiger partial charge in [-0.25, -0.2) is 4.79 Å². The predicted molar refractivity (Wildman–Crippen MR) is 81.1 cm³/mol. The molecule has 20 heavy (non-hydrogen) atoms. The maximum atomic E-state index is 11.8. The van der Waals surface area contributed by atoms with Crippen LogP contribution in [-0.2, 0) is 5.41 Å². The molecule has 3 N–H and O–H groups in total. The standard InChI is InChI=1S/C15H20N4O/c1-10-9-13(19-18-10)17-14(20)16-12-7-5-11(6-8-12)15(2,3)4/h5-9H,1-4H3,(H3,16,17,18,19,20). The van der Waals surface area contributed by atoms with E-state index in [0.717, 1.165) is 11.4 Å². The number of benzene rings is 1. The molecule has 2 rings (SSSR count). The van der Waals surface area contributed by atoms with Gasteiger partial charge in [0.2, 0.25) is 0 Å². The van der Waals surface area contributed by atoms with Crippen molar-refractivity contribution in [2.45, 2.75) is 33.1 Å². The molecule has 0 aliphatic heterocycles. The minimum atomic E-state index is -0.306. The molecule has 2 aromatic rings. The van der Waals surface area contributed by atoms with Gasteiger partial charge in [0.25, 0.3) is 0 Å². The zero-order valence-corrected chi connectivity index (χ0v) is 12.2. The van der Waals surface area contributed by atoms with Gasteiger partial charge in [-0.1, -0.05) is 32.9 Å². The summed E-state index contributed by atoms with van der Waals surface area (Å²) in [6.07, 6.45) is 0. The average molecular weight is 272 g/mol. The maximum absolute atomic E-state index is 11.8. The number of hydrogen-bond donors (Lipinski definition) is 3. The molecule has 0 saturated heterocycles. The van der Waals surface area contributed by atoms with E-state index in [1.807, 2.05) is 31.2 Å². The predicted octanol–water partition coefficient (Wildman–Crippen LogP) is 3.66. The van der Waals surface area contributed by atoms with E-state index >= 15 is 0 Å². The quantitative estimate of drug-likeness (QED) is 0.780. The number of nitrogens with one attached hydrogen (secondary N) is 3. The summed E-state index contributed by atoms with van der Waals surface area (Å²) < 4.78 is 0. The molecular weight excluding hydrogens is 252 g/mol. The molecular formula is C15H20N4O. The lowest BCUT2D eigenvalue weighted by atomic mass is 9.87. The number of hydrogen-bond acceptors (Lipinski definition) is 2. The summed E-state index contributed by atoms with van der Waals surface area (Å²) in [5.74, 6) is 0.506. The highest BCUT2D eigenvalue weighted by atomic mass is 16.2. The van der Waals surface area contributed by atoms with Crippen LogP contribution < -0.4 is 10.6 Å². The lowest BCUT2D eigenvalue weighted by Gasteiger charge is -2.19. The van der Waals surface area contributed by atoms with Gasteiger partial charge in [0.1, 0.15) is 0 Å². The molecule has 0 saturated carbocycles. The highest BCUT2D eigenvalue weighted by molar-refractivity contribution is 5.99. The van der Waals surface area contributed by atoms with Crippen molar-refractivity contribution in [3.8, 4) is 0 Å². The second-order valence-corrected chi connectivity index (χ2v) is 5.84. The first-order chi connectivity index (χ1) is 9.34. The number of urea groups is 1. The lowest BCUT2D eigenvalue weighted by Crippen LogP contribution is -2.19. The highest BCUT2D eigenvalue weighted by Crippen LogP contribution is 2.23. The molecule has 1 heterocycles. The Hall–Kier alpha value is -2.30. The van der Waals surface area contributed by atoms with Crippen molar-refractivity contribution in [1.29, 1.82) is 0 Å². The van der Waals surface area contributed by atoms with Crippen LogP contribution in [0, 0.1) is 6.92 Å². The SMILES string of the molecule is Cc1cc(NC(=O)Nc2ccc(C(C)(C)C)cc2)n[nH]1. The number of aromatic nitrogens is 2. The monoisotopic (exact) mass is 272 g/mol. The molecule has 1 aromatic heterocycles. The van der Waals surface area contributed by atoms with Crippen LogP contribution in [-0.4, -0.2) is 16.2 Å². The number of aromatic amines is 1. The fraction of sp³-hybridized carbons (Fsp3) is 0.333. The van der Waals surface area contributed by atoms with Crippen LogP contribution in [0.3, 0.4) is 0 Å². The fourth-order valence-corrected chi connectivity index (χ4v) is 1.81. The van der Waals surface area contributed by atoms with Crippen molar-refractivity contribution >= 4 is 17.5 Å². The van der Waals surface area contributed by atoms with Crippen LogP contribution in [0.1, 0.15) is 32.0 Å². The van der Waals surface area contributed by atoms with Crippen LogP contribution in [0.4, 0.5) is 16.3 Å². The van der Waals surface area contributed by atoms with Gasteiger partial charge in [-0.05, 0) is 30.0 Å². The van der Waals surface area contributed by atoms with E-state index in [2.05, 4.69) is 41.6 Å². The van der Waals surface area contributed by atoms with Crippen molar-refractivity contribution in [3.05, 3.63) is 41.6 Å². The fourth-order valence-electron chi connectivity index (χ4n) is 1.81. The topological polar surface area (TPSA) is 69.8 Å². The minimum absolute atomic E-state index is 0.105. The van der Waals surface area contributed by atoms with E-state index in [0.29, 0.717) is 5.82 Å². The Morgan fingerprint density at radius 3 is 2.30 bits per heavy atom. The van der Waals surface area contributed by atoms with E-state index < -0.39 is 0 Å². The molecule has 0 atom stereocenters. The van der Waals surface area contributed by atoms with E-state index in [1.54, 1.807) is 6.07 Å². The first-order valence-corrected chi connectivity index (χ1v) is 6.55. The Balaban J connectivity index is 1.98. The van der Waals surface area contributed by atoms with E-state index in [9.17, 15) is 4.79 Å². The average Bonchev–Trinajstić information content (AvgIpc) is 2.74. The van der Waals surface area contributed by atoms with Gasteiger partial charge in [0, 0.05) is 17.4 Å². The molecule has 106 valence electrons. The Morgan fingerprint density at radius 2 is 1.80 bits per heavy atom. The number of aryl methyl sites for hydroxylation is 1. The van der Waals surface area contributed by atoms with Crippen LogP contribution >= 0.6 is 0 Å². The van der Waals surface area contributed by atoms with Gasteiger partial charge in [-0.2, -0.15) is 5.10 Å². The van der Waals surface area contributed by atoms with Crippen LogP contribution in [0.15, 0.2) is 30.3 Å². The number of amides is 2. The molecule has 2 amide bonds. The third-order valence-electron chi connectivity index (χ3n) is 2.96. The summed E-state index contributed by atoms with van der Waals surface area (Å²) in [7, 11) is 0. The molecule has 0 aliphatic carbocycles. The summed E-state index contributed by atoms with van der Waals surface area (Å²) in [6, 6.07) is 9.30. The third-order valence-corrected chi connectivity index (χ3v) is 2.96. The first kappa shape index (κ1) is 14.1. The Morgan fingerprint density at radius 1 is 1.15 bits per heavy atom. The van der Waals surface area contributed by atoms with Crippen molar-refractivity contribution in [1.82, 2.24) is 10.2 Å². The van der Waals surface area contributed by atoms with Gasteiger partial charge in [0.05, 0.1) is 0 Å². The van der Waals surface area contributed by atoms with Crippen molar-refractivity contribution in [2.24, 2.45) is 0 Å². The second-order valence-electron chi connectivity index (χ2n) is 5.84. The van der Waals surface area contributed by atoms with Crippen LogP contribution in [0.2, 0.25) is 0 Å². The molecule has 0 bridgehead atoms. The highest BCUT2D eigenvalue weighted by Gasteiger charge is 2.13. The van der Waals surface area contributed by atoms with Crippen LogP contribution in [0.5, 0.6) is 0 Å². The molecule has 0 unspecified atom stereocenters. The smallest absolute Gasteiger partial charge is 0.308 e. The second kappa shape index (κ2) is 5.36. The number of anilines is 2. The number of carbonyl (C=O) groups excluding carboxylic acids is 1. The largest absolute Gasteiger partial charge is 0.324 e. The van der Waals surface area contributed by atoms with Gasteiger partial charge in [-0.3, -0.25) is 10.4 Å². The Kier molecular flexibility index (Phi) is 3.79. The van der Waals surface area contributed by atoms with Gasteiger partial charge >= 0.3 is 6.03 Å². The van der Waals surface area contributed by atoms with Gasteiger partial charge in [-0.15, -0.1) is 0 Å². The molecule has 5 nitrogen and oxygen atoms in total. The number of H-pyrrole nitrogens is 1. The van der Waals surface area contributed by atoms with Gasteiger partial charge in [0.15, 0.2) is 5.82 Å². The molecule has 0 aliphatic rings. The number of rotatable bonds is 2. The molecule has 1 aromatic carbocycles. The van der Waals surface area contributed by atoms with Crippen molar-refractivity contribution in [2.75, 3.05) is 10.6 Å². The summed E-state index contributed by atoms with van der Waals surface area (Å²) in [6.45, 7) is 8.34. The molecule has 0 fully saturated rings. The Labute approximate surface area is 118 Å². The number of nitrogens with zero attached hydrogens (tertiary/aromatic N) is 1. The maximum Gasteiger partial charge on any atom is 0.324 e. The van der Waals surface area contributed by atoms with E-state index in [-0.39, 0.29) is 11.4 Å². The lowest BCUT2D eigenvalue weighted by molar-refractivity contribution is 0.262. The number of carbonyl (C=O) groups is 1. The third kappa shape index (κ3) is 3.60. The Bertz CT molecular complexity index is 593. The van der Waals surface area contributed by atoms with Crippen LogP contribution in [0.25, 0.3) is 0 Å². The van der Waals surface area contributed by atoms with Crippen molar-refractivity contribution < 1.29 is 4.79 Å². The minimum Gasteiger partial charge on any atom is -0.308 e. The zero-order valence-electron chi connectivity index (χ0n) is 12.2. The molecule has 5 heteroatoms. The van der Waals surface area contributed by atoms with E-state index in [4.69, 9.17) is 0 Å². The molecule has 0 radical (unpaired) electrons.